The minimum Gasteiger partial charge on any atom is -0.445 e. The second-order valence-corrected chi connectivity index (χ2v) is 16.7. The Kier molecular flexibility index (Phi) is 21.2. The van der Waals surface area contributed by atoms with Crippen LogP contribution in [0.25, 0.3) is 10.9 Å². The van der Waals surface area contributed by atoms with Gasteiger partial charge in [-0.25, -0.2) is 14.6 Å². The molecule has 1 aliphatic rings. The van der Waals surface area contributed by atoms with Crippen molar-refractivity contribution in [3.05, 3.63) is 77.4 Å². The van der Waals surface area contributed by atoms with Gasteiger partial charge in [0, 0.05) is 49.3 Å². The molecule has 0 bridgehead atoms. The van der Waals surface area contributed by atoms with Gasteiger partial charge in [-0.15, -0.1) is 0 Å². The molecule has 0 spiro atoms. The number of imide groups is 1. The van der Waals surface area contributed by atoms with E-state index >= 15 is 0 Å². The minimum absolute atomic E-state index is 0.0202. The largest absolute Gasteiger partial charge is 0.445 e. The molecule has 0 saturated heterocycles. The average Bonchev–Trinajstić information content (AvgIpc) is 3.59. The van der Waals surface area contributed by atoms with Crippen LogP contribution in [-0.4, -0.2) is 83.3 Å². The summed E-state index contributed by atoms with van der Waals surface area (Å²) in [6.45, 7) is 6.68. The molecule has 352 valence electrons. The number of nitrogen functional groups attached to an aromatic ring is 1. The Morgan fingerprint density at radius 1 is 0.769 bits per heavy atom. The Bertz CT molecular complexity index is 2110. The van der Waals surface area contributed by atoms with Crippen molar-refractivity contribution in [1.29, 1.82) is 0 Å². The molecule has 0 fully saturated rings. The number of ether oxygens (including phenoxy) is 1. The van der Waals surface area contributed by atoms with E-state index < -0.39 is 36.0 Å². The quantitative estimate of drug-likeness (QED) is 0.0346. The third-order valence-corrected chi connectivity index (χ3v) is 11.1. The number of urea groups is 1. The molecule has 65 heavy (non-hydrogen) atoms. The lowest BCUT2D eigenvalue weighted by molar-refractivity contribution is -0.137. The van der Waals surface area contributed by atoms with Crippen LogP contribution in [0.2, 0.25) is 0 Å². The Morgan fingerprint density at radius 2 is 1.46 bits per heavy atom. The second kappa shape index (κ2) is 27.0. The van der Waals surface area contributed by atoms with Crippen molar-refractivity contribution in [3.63, 3.8) is 0 Å². The van der Waals surface area contributed by atoms with E-state index in [0.717, 1.165) is 72.7 Å². The number of carbonyl (C=O) groups is 7. The molecule has 0 aliphatic carbocycles. The number of aromatic nitrogens is 1. The van der Waals surface area contributed by atoms with E-state index in [1.54, 1.807) is 38.1 Å². The zero-order chi connectivity index (χ0) is 47.1. The van der Waals surface area contributed by atoms with Crippen molar-refractivity contribution in [2.24, 2.45) is 11.7 Å². The van der Waals surface area contributed by atoms with Gasteiger partial charge in [0.15, 0.2) is 0 Å². The molecule has 8 amide bonds. The number of pyridine rings is 1. The van der Waals surface area contributed by atoms with Gasteiger partial charge in [-0.2, -0.15) is 0 Å². The number of amides is 8. The van der Waals surface area contributed by atoms with Gasteiger partial charge in [-0.1, -0.05) is 70.7 Å². The van der Waals surface area contributed by atoms with Gasteiger partial charge in [-0.3, -0.25) is 28.9 Å². The van der Waals surface area contributed by atoms with Crippen LogP contribution in [0.3, 0.4) is 0 Å². The zero-order valence-electron chi connectivity index (χ0n) is 38.0. The third kappa shape index (κ3) is 17.5. The van der Waals surface area contributed by atoms with Gasteiger partial charge in [0.2, 0.25) is 17.7 Å². The Morgan fingerprint density at radius 3 is 2.17 bits per heavy atom. The average molecular weight is 898 g/mol. The highest BCUT2D eigenvalue weighted by molar-refractivity contribution is 6.12. The normalized spacial score (nSPS) is 13.1. The Hall–Kier alpha value is -6.52. The van der Waals surface area contributed by atoms with Crippen molar-refractivity contribution < 1.29 is 38.3 Å². The first-order valence-corrected chi connectivity index (χ1v) is 22.9. The van der Waals surface area contributed by atoms with Crippen molar-refractivity contribution in [3.8, 4) is 0 Å². The van der Waals surface area contributed by atoms with Gasteiger partial charge in [0.05, 0.1) is 5.52 Å². The molecule has 3 aromatic rings. The Balaban J connectivity index is 1.19. The summed E-state index contributed by atoms with van der Waals surface area (Å²) < 4.78 is 5.41. The van der Waals surface area contributed by atoms with Crippen LogP contribution in [0, 0.1) is 5.92 Å². The van der Waals surface area contributed by atoms with Crippen LogP contribution in [0.15, 0.2) is 60.7 Å². The fourth-order valence-corrected chi connectivity index (χ4v) is 7.43. The molecule has 17 heteroatoms. The number of nitrogens with zero attached hydrogens (tertiary/aromatic N) is 2. The van der Waals surface area contributed by atoms with Crippen molar-refractivity contribution >= 4 is 64.1 Å². The first kappa shape index (κ1) is 51.1. The summed E-state index contributed by atoms with van der Waals surface area (Å²) in [5.74, 6) is -1.79. The maximum atomic E-state index is 13.5. The standard InChI is InChI=1S/C48H67N9O8/c1-4-5-8-16-35-30-37-34(17-13-18-38(37)54-44(35)49)15-9-6-11-27-52-48(64)65-31-33-21-23-36(24-22-33)53-45(61)39(19-14-28-51-47(50)63)55-46(62)43(32(2)3)56-40(58)20-10-7-12-29-57-41(59)25-26-42(57)60/h13,17-18,21-26,30,32,39,43H,4-12,14-16,19-20,27-29,31H2,1-3H3,(H2,49,54)(H,52,64)(H,53,61)(H,55,62)(H,56,58)(H3,50,51,63)/t39-,43-/m0/s1. The lowest BCUT2D eigenvalue weighted by atomic mass is 9.99. The van der Waals surface area contributed by atoms with E-state index in [9.17, 15) is 33.6 Å². The summed E-state index contributed by atoms with van der Waals surface area (Å²) in [5.41, 5.74) is 15.9. The summed E-state index contributed by atoms with van der Waals surface area (Å²) in [6, 6.07) is 12.4. The van der Waals surface area contributed by atoms with Crippen LogP contribution in [0.5, 0.6) is 0 Å². The van der Waals surface area contributed by atoms with Gasteiger partial charge < -0.3 is 42.8 Å². The monoisotopic (exact) mass is 898 g/mol. The number of unbranched alkanes of at least 4 members (excludes halogenated alkanes) is 6. The number of rotatable bonds is 28. The van der Waals surface area contributed by atoms with Crippen LogP contribution in [0.1, 0.15) is 115 Å². The highest BCUT2D eigenvalue weighted by atomic mass is 16.5. The van der Waals surface area contributed by atoms with E-state index in [1.165, 1.54) is 17.7 Å². The number of hydrogen-bond acceptors (Lipinski definition) is 10. The summed E-state index contributed by atoms with van der Waals surface area (Å²) >= 11 is 0. The number of nitrogens with one attached hydrogen (secondary N) is 5. The molecule has 4 rings (SSSR count). The molecule has 2 heterocycles. The molecule has 17 nitrogen and oxygen atoms in total. The minimum atomic E-state index is -1.02. The summed E-state index contributed by atoms with van der Waals surface area (Å²) in [7, 11) is 0. The number of aryl methyl sites for hydroxylation is 2. The van der Waals surface area contributed by atoms with Gasteiger partial charge >= 0.3 is 12.1 Å². The molecule has 0 saturated carbocycles. The van der Waals surface area contributed by atoms with Crippen molar-refractivity contribution in [2.75, 3.05) is 30.7 Å². The van der Waals surface area contributed by atoms with Crippen molar-refractivity contribution in [1.82, 2.24) is 31.2 Å². The van der Waals surface area contributed by atoms with E-state index in [1.807, 2.05) is 12.1 Å². The SMILES string of the molecule is CCCCCc1cc2c(CCCCCNC(=O)OCc3ccc(NC(=O)[C@H](CCCNC(N)=O)NC(=O)[C@@H](NC(=O)CCCCCN4C(=O)C=CC4=O)C(C)C)cc3)cccc2nc1N. The lowest BCUT2D eigenvalue weighted by Gasteiger charge is -2.25. The van der Waals surface area contributed by atoms with Crippen LogP contribution < -0.4 is 38.1 Å². The summed E-state index contributed by atoms with van der Waals surface area (Å²) in [6.07, 6.45) is 12.1. The van der Waals surface area contributed by atoms with Gasteiger partial charge in [0.1, 0.15) is 24.5 Å². The van der Waals surface area contributed by atoms with E-state index in [0.29, 0.717) is 49.3 Å². The molecule has 1 aliphatic heterocycles. The molecule has 9 N–H and O–H groups in total. The fraction of sp³-hybridized carbons (Fsp3) is 0.500. The first-order valence-electron chi connectivity index (χ1n) is 22.9. The third-order valence-electron chi connectivity index (χ3n) is 11.1. The highest BCUT2D eigenvalue weighted by Crippen LogP contribution is 2.25. The van der Waals surface area contributed by atoms with Crippen LogP contribution in [0.4, 0.5) is 21.1 Å². The van der Waals surface area contributed by atoms with Gasteiger partial charge in [0.25, 0.3) is 11.8 Å². The predicted octanol–water partition coefficient (Wildman–Crippen LogP) is 5.69. The second-order valence-electron chi connectivity index (χ2n) is 16.7. The molecular formula is C48H67N9O8. The number of benzene rings is 2. The highest BCUT2D eigenvalue weighted by Gasteiger charge is 2.29. The lowest BCUT2D eigenvalue weighted by Crippen LogP contribution is -2.54. The number of alkyl carbamates (subject to hydrolysis) is 1. The number of carbonyl (C=O) groups excluding carboxylic acids is 7. The smallest absolute Gasteiger partial charge is 0.407 e. The number of fused-ring (bicyclic) bond motifs is 1. The first-order chi connectivity index (χ1) is 31.2. The maximum Gasteiger partial charge on any atom is 0.407 e. The number of nitrogens with two attached hydrogens (primary N) is 2. The van der Waals surface area contributed by atoms with Crippen molar-refractivity contribution in [2.45, 2.75) is 129 Å². The van der Waals surface area contributed by atoms with E-state index in [2.05, 4.69) is 50.6 Å². The number of primary amides is 1. The predicted molar refractivity (Wildman–Crippen MR) is 250 cm³/mol. The van der Waals surface area contributed by atoms with E-state index in [-0.39, 0.29) is 56.2 Å². The molecule has 0 unspecified atom stereocenters. The molecule has 2 aromatic carbocycles. The number of hydrogen-bond donors (Lipinski definition) is 7. The Labute approximate surface area is 381 Å². The number of anilines is 2. The molecule has 1 aromatic heterocycles. The topological polar surface area (TPSA) is 257 Å². The fourth-order valence-electron chi connectivity index (χ4n) is 7.43. The summed E-state index contributed by atoms with van der Waals surface area (Å²) in [4.78, 5) is 92.8. The summed E-state index contributed by atoms with van der Waals surface area (Å²) in [5, 5.41) is 14.8. The molecule has 2 atom stereocenters. The molecular weight excluding hydrogens is 831 g/mol. The van der Waals surface area contributed by atoms with Crippen LogP contribution in [-0.2, 0) is 48.2 Å². The van der Waals surface area contributed by atoms with E-state index in [4.69, 9.17) is 16.2 Å². The van der Waals surface area contributed by atoms with Crippen LogP contribution >= 0.6 is 0 Å². The maximum absolute atomic E-state index is 13.5. The van der Waals surface area contributed by atoms with Gasteiger partial charge in [-0.05, 0) is 105 Å². The molecule has 0 radical (unpaired) electrons. The zero-order valence-corrected chi connectivity index (χ0v) is 38.0.